The Kier molecular flexibility index (Phi) is 3.37. The molecule has 5 heteroatoms. The summed E-state index contributed by atoms with van der Waals surface area (Å²) in [6, 6.07) is 12.0. The number of nitrogens with zero attached hydrogens (tertiary/aromatic N) is 2. The van der Waals surface area contributed by atoms with Gasteiger partial charge >= 0.3 is 0 Å². The van der Waals surface area contributed by atoms with Crippen LogP contribution in [0.1, 0.15) is 11.3 Å². The number of benzene rings is 1. The third-order valence-corrected chi connectivity index (χ3v) is 3.59. The van der Waals surface area contributed by atoms with Gasteiger partial charge in [0.1, 0.15) is 5.76 Å². The van der Waals surface area contributed by atoms with Crippen molar-refractivity contribution in [2.75, 3.05) is 0 Å². The Bertz CT molecular complexity index is 661. The van der Waals surface area contributed by atoms with E-state index in [0.717, 1.165) is 17.1 Å². The second-order valence-electron chi connectivity index (χ2n) is 4.04. The van der Waals surface area contributed by atoms with Gasteiger partial charge in [-0.05, 0) is 18.6 Å². The molecular formula is C14H12N2O2S. The SMILES string of the molecule is Cc1occc1-c1nnc(SCc2ccccc2)o1. The average molecular weight is 272 g/mol. The van der Waals surface area contributed by atoms with Gasteiger partial charge in [-0.25, -0.2) is 0 Å². The number of thioether (sulfide) groups is 1. The predicted octanol–water partition coefficient (Wildman–Crippen LogP) is 3.93. The van der Waals surface area contributed by atoms with E-state index in [4.69, 9.17) is 8.83 Å². The summed E-state index contributed by atoms with van der Waals surface area (Å²) in [7, 11) is 0. The summed E-state index contributed by atoms with van der Waals surface area (Å²) in [5.41, 5.74) is 2.07. The second-order valence-corrected chi connectivity index (χ2v) is 4.96. The Morgan fingerprint density at radius 3 is 2.68 bits per heavy atom. The van der Waals surface area contributed by atoms with Gasteiger partial charge in [-0.2, -0.15) is 0 Å². The van der Waals surface area contributed by atoms with Crippen LogP contribution in [0, 0.1) is 6.92 Å². The zero-order valence-corrected chi connectivity index (χ0v) is 11.2. The van der Waals surface area contributed by atoms with Crippen LogP contribution < -0.4 is 0 Å². The number of rotatable bonds is 4. The summed E-state index contributed by atoms with van der Waals surface area (Å²) in [5.74, 6) is 2.09. The number of aromatic nitrogens is 2. The number of furan rings is 1. The summed E-state index contributed by atoms with van der Waals surface area (Å²) in [5, 5.41) is 8.64. The molecule has 3 rings (SSSR count). The molecule has 1 aromatic carbocycles. The van der Waals surface area contributed by atoms with E-state index in [1.807, 2.05) is 31.2 Å². The van der Waals surface area contributed by atoms with Crippen LogP contribution in [0.2, 0.25) is 0 Å². The van der Waals surface area contributed by atoms with E-state index < -0.39 is 0 Å². The summed E-state index contributed by atoms with van der Waals surface area (Å²) >= 11 is 1.53. The van der Waals surface area contributed by atoms with E-state index in [-0.39, 0.29) is 0 Å². The van der Waals surface area contributed by atoms with Crippen LogP contribution in [0.25, 0.3) is 11.5 Å². The van der Waals surface area contributed by atoms with Gasteiger partial charge in [-0.3, -0.25) is 0 Å². The number of hydrogen-bond donors (Lipinski definition) is 0. The maximum Gasteiger partial charge on any atom is 0.277 e. The standard InChI is InChI=1S/C14H12N2O2S/c1-10-12(7-8-17-10)13-15-16-14(18-13)19-9-11-5-3-2-4-6-11/h2-8H,9H2,1H3. The van der Waals surface area contributed by atoms with Gasteiger partial charge in [0, 0.05) is 5.75 Å². The topological polar surface area (TPSA) is 52.1 Å². The molecule has 2 heterocycles. The summed E-state index contributed by atoms with van der Waals surface area (Å²) in [4.78, 5) is 0. The molecule has 0 aliphatic carbocycles. The minimum absolute atomic E-state index is 0.502. The maximum absolute atomic E-state index is 5.61. The Morgan fingerprint density at radius 2 is 1.95 bits per heavy atom. The molecule has 0 N–H and O–H groups in total. The Hall–Kier alpha value is -2.01. The van der Waals surface area contributed by atoms with Crippen molar-refractivity contribution in [1.29, 1.82) is 0 Å². The van der Waals surface area contributed by atoms with Crippen LogP contribution in [0.5, 0.6) is 0 Å². The fraction of sp³-hybridized carbons (Fsp3) is 0.143. The summed E-state index contributed by atoms with van der Waals surface area (Å²) in [6.45, 7) is 1.87. The van der Waals surface area contributed by atoms with Crippen molar-refractivity contribution in [3.8, 4) is 11.5 Å². The van der Waals surface area contributed by atoms with Gasteiger partial charge in [0.25, 0.3) is 11.1 Å². The molecule has 0 atom stereocenters. The zero-order valence-electron chi connectivity index (χ0n) is 10.4. The highest BCUT2D eigenvalue weighted by Gasteiger charge is 2.13. The fourth-order valence-corrected chi connectivity index (χ4v) is 2.42. The quantitative estimate of drug-likeness (QED) is 0.673. The van der Waals surface area contributed by atoms with Crippen molar-refractivity contribution in [1.82, 2.24) is 10.2 Å². The molecule has 0 saturated carbocycles. The Balaban J connectivity index is 1.71. The smallest absolute Gasteiger partial charge is 0.277 e. The van der Waals surface area contributed by atoms with E-state index in [1.165, 1.54) is 17.3 Å². The molecule has 0 aliphatic heterocycles. The van der Waals surface area contributed by atoms with Crippen LogP contribution in [-0.4, -0.2) is 10.2 Å². The molecule has 0 saturated heterocycles. The third kappa shape index (κ3) is 2.71. The van der Waals surface area contributed by atoms with E-state index in [0.29, 0.717) is 11.1 Å². The lowest BCUT2D eigenvalue weighted by molar-refractivity contribution is 0.463. The van der Waals surface area contributed by atoms with Crippen molar-refractivity contribution < 1.29 is 8.83 Å². The van der Waals surface area contributed by atoms with Gasteiger partial charge in [-0.1, -0.05) is 42.1 Å². The van der Waals surface area contributed by atoms with Gasteiger partial charge < -0.3 is 8.83 Å². The largest absolute Gasteiger partial charge is 0.469 e. The highest BCUT2D eigenvalue weighted by atomic mass is 32.2. The number of aryl methyl sites for hydroxylation is 1. The van der Waals surface area contributed by atoms with Gasteiger partial charge in [0.15, 0.2) is 0 Å². The summed E-state index contributed by atoms with van der Waals surface area (Å²) < 4.78 is 10.8. The van der Waals surface area contributed by atoms with E-state index in [2.05, 4.69) is 22.3 Å². The van der Waals surface area contributed by atoms with E-state index in [1.54, 1.807) is 6.26 Å². The highest BCUT2D eigenvalue weighted by Crippen LogP contribution is 2.27. The molecule has 0 amide bonds. The van der Waals surface area contributed by atoms with Crippen molar-refractivity contribution >= 4 is 11.8 Å². The van der Waals surface area contributed by atoms with Gasteiger partial charge in [0.05, 0.1) is 11.8 Å². The molecule has 19 heavy (non-hydrogen) atoms. The average Bonchev–Trinajstić information content (AvgIpc) is 3.06. The molecule has 96 valence electrons. The first-order valence-electron chi connectivity index (χ1n) is 5.87. The molecular weight excluding hydrogens is 260 g/mol. The zero-order chi connectivity index (χ0) is 13.1. The monoisotopic (exact) mass is 272 g/mol. The predicted molar refractivity (Wildman–Crippen MR) is 72.7 cm³/mol. The van der Waals surface area contributed by atoms with Crippen LogP contribution in [-0.2, 0) is 5.75 Å². The van der Waals surface area contributed by atoms with Gasteiger partial charge in [-0.15, -0.1) is 10.2 Å². The third-order valence-electron chi connectivity index (χ3n) is 2.70. The van der Waals surface area contributed by atoms with Crippen LogP contribution in [0.3, 0.4) is 0 Å². The maximum atomic E-state index is 5.61. The van der Waals surface area contributed by atoms with Crippen molar-refractivity contribution in [3.63, 3.8) is 0 Å². The molecule has 0 aliphatic rings. The lowest BCUT2D eigenvalue weighted by Gasteiger charge is -1.96. The minimum Gasteiger partial charge on any atom is -0.469 e. The molecule has 0 unspecified atom stereocenters. The molecule has 2 aromatic heterocycles. The molecule has 3 aromatic rings. The van der Waals surface area contributed by atoms with Crippen molar-refractivity contribution in [2.45, 2.75) is 17.9 Å². The molecule has 0 spiro atoms. The molecule has 4 nitrogen and oxygen atoms in total. The van der Waals surface area contributed by atoms with Crippen molar-refractivity contribution in [2.24, 2.45) is 0 Å². The second kappa shape index (κ2) is 5.32. The first kappa shape index (κ1) is 12.0. The molecule has 0 fully saturated rings. The van der Waals surface area contributed by atoms with Gasteiger partial charge in [0.2, 0.25) is 0 Å². The first-order valence-corrected chi connectivity index (χ1v) is 6.86. The highest BCUT2D eigenvalue weighted by molar-refractivity contribution is 7.98. The number of hydrogen-bond acceptors (Lipinski definition) is 5. The van der Waals surface area contributed by atoms with Crippen LogP contribution in [0.15, 0.2) is 56.7 Å². The molecule has 0 bridgehead atoms. The van der Waals surface area contributed by atoms with Crippen molar-refractivity contribution in [3.05, 3.63) is 54.0 Å². The minimum atomic E-state index is 0.502. The summed E-state index contributed by atoms with van der Waals surface area (Å²) in [6.07, 6.45) is 1.62. The lowest BCUT2D eigenvalue weighted by Crippen LogP contribution is -1.79. The van der Waals surface area contributed by atoms with E-state index >= 15 is 0 Å². The molecule has 0 radical (unpaired) electrons. The van der Waals surface area contributed by atoms with E-state index in [9.17, 15) is 0 Å². The van der Waals surface area contributed by atoms with Crippen LogP contribution in [0.4, 0.5) is 0 Å². The van der Waals surface area contributed by atoms with Crippen LogP contribution >= 0.6 is 11.8 Å². The Labute approximate surface area is 114 Å². The first-order chi connectivity index (χ1) is 9.33. The Morgan fingerprint density at radius 1 is 1.11 bits per heavy atom. The normalized spacial score (nSPS) is 10.8. The lowest BCUT2D eigenvalue weighted by atomic mass is 10.2. The fourth-order valence-electron chi connectivity index (χ4n) is 1.70.